The topological polar surface area (TPSA) is 95.5 Å². The van der Waals surface area contributed by atoms with Gasteiger partial charge >= 0.3 is 5.97 Å². The molecule has 0 saturated heterocycles. The molecule has 1 heterocycles. The molecule has 2 bridgehead atoms. The highest BCUT2D eigenvalue weighted by atomic mass is 32.1. The van der Waals surface area contributed by atoms with Gasteiger partial charge in [-0.25, -0.2) is 4.79 Å². The Labute approximate surface area is 172 Å². The van der Waals surface area contributed by atoms with Crippen molar-refractivity contribution in [1.82, 2.24) is 0 Å². The number of hydrogen-bond acceptors (Lipinski definition) is 6. The molecule has 2 aliphatic rings. The Morgan fingerprint density at radius 3 is 2.55 bits per heavy atom. The van der Waals surface area contributed by atoms with Crippen molar-refractivity contribution >= 4 is 34.2 Å². The van der Waals surface area contributed by atoms with Gasteiger partial charge in [0.15, 0.2) is 0 Å². The number of amides is 1. The second-order valence-electron chi connectivity index (χ2n) is 7.91. The van der Waals surface area contributed by atoms with Gasteiger partial charge in [0.2, 0.25) is 5.91 Å². The van der Waals surface area contributed by atoms with Crippen LogP contribution in [0.25, 0.3) is 11.1 Å². The van der Waals surface area contributed by atoms with Crippen LogP contribution in [0.1, 0.15) is 35.2 Å². The molecule has 0 spiro atoms. The van der Waals surface area contributed by atoms with Gasteiger partial charge in [0.05, 0.1) is 7.11 Å². The second kappa shape index (κ2) is 7.63. The van der Waals surface area contributed by atoms with Gasteiger partial charge in [-0.05, 0) is 43.6 Å². The molecule has 6 nitrogen and oxygen atoms in total. The average Bonchev–Trinajstić information content (AvgIpc) is 3.41. The van der Waals surface area contributed by atoms with Gasteiger partial charge in [-0.2, -0.15) is 0 Å². The van der Waals surface area contributed by atoms with Crippen LogP contribution in [0, 0.1) is 30.6 Å². The lowest BCUT2D eigenvalue weighted by Gasteiger charge is -2.30. The first-order valence-corrected chi connectivity index (χ1v) is 10.6. The van der Waals surface area contributed by atoms with Crippen LogP contribution in [0.4, 0.5) is 5.00 Å². The number of carbonyl (C=O) groups excluding carboxylic acids is 3. The van der Waals surface area contributed by atoms with Crippen molar-refractivity contribution in [2.45, 2.75) is 26.2 Å². The van der Waals surface area contributed by atoms with Crippen LogP contribution in [0.15, 0.2) is 29.6 Å². The number of methoxy groups -OCH3 is 1. The van der Waals surface area contributed by atoms with Crippen LogP contribution in [-0.4, -0.2) is 25.0 Å². The Kier molecular flexibility index (Phi) is 5.17. The lowest BCUT2D eigenvalue weighted by molar-refractivity contribution is -0.314. The van der Waals surface area contributed by atoms with Crippen molar-refractivity contribution in [1.29, 1.82) is 0 Å². The fourth-order valence-corrected chi connectivity index (χ4v) is 5.94. The number of carboxylic acids is 1. The normalized spacial score (nSPS) is 25.0. The fraction of sp³-hybridized carbons (Fsp3) is 0.409. The third-order valence-corrected chi connectivity index (χ3v) is 7.13. The summed E-state index contributed by atoms with van der Waals surface area (Å²) in [6.07, 6.45) is 2.44. The van der Waals surface area contributed by atoms with Crippen LogP contribution in [-0.2, 0) is 14.3 Å². The zero-order valence-electron chi connectivity index (χ0n) is 16.3. The molecule has 2 aliphatic carbocycles. The van der Waals surface area contributed by atoms with E-state index in [1.54, 1.807) is 0 Å². The average molecular weight is 412 g/mol. The van der Waals surface area contributed by atoms with E-state index in [4.69, 9.17) is 4.74 Å². The smallest absolute Gasteiger partial charge is 0.341 e. The third kappa shape index (κ3) is 3.44. The molecule has 2 aromatic rings. The lowest BCUT2D eigenvalue weighted by atomic mass is 9.78. The molecular weight excluding hydrogens is 390 g/mol. The van der Waals surface area contributed by atoms with Crippen LogP contribution >= 0.6 is 11.3 Å². The molecule has 29 heavy (non-hydrogen) atoms. The maximum absolute atomic E-state index is 13.0. The largest absolute Gasteiger partial charge is 0.550 e. The Balaban J connectivity index is 1.66. The number of rotatable bonds is 5. The number of benzene rings is 1. The molecule has 0 unspecified atom stereocenters. The Morgan fingerprint density at radius 1 is 1.17 bits per heavy atom. The van der Waals surface area contributed by atoms with Gasteiger partial charge in [-0.15, -0.1) is 11.3 Å². The minimum absolute atomic E-state index is 0.00650. The first kappa shape index (κ1) is 19.6. The third-order valence-electron chi connectivity index (χ3n) is 6.24. The number of carbonyl (C=O) groups is 3. The molecule has 4 atom stereocenters. The molecule has 2 fully saturated rings. The number of esters is 1. The predicted molar refractivity (Wildman–Crippen MR) is 107 cm³/mol. The van der Waals surface area contributed by atoms with E-state index in [-0.39, 0.29) is 17.7 Å². The summed E-state index contributed by atoms with van der Waals surface area (Å²) in [5.74, 6) is -3.36. The van der Waals surface area contributed by atoms with Gasteiger partial charge in [0, 0.05) is 28.7 Å². The maximum atomic E-state index is 13.0. The minimum atomic E-state index is -1.16. The first-order chi connectivity index (χ1) is 13.9. The SMILES string of the molecule is COC(=O)c1c(-c2cccc(C)c2)csc1NC(=O)[C@@H]1[C@@H]2CC[C@@H](C2)[C@@H]1C(=O)[O-]. The van der Waals surface area contributed by atoms with E-state index < -0.39 is 23.8 Å². The number of fused-ring (bicyclic) bond motifs is 2. The van der Waals surface area contributed by atoms with Crippen LogP contribution in [0.2, 0.25) is 0 Å². The number of aryl methyl sites for hydroxylation is 1. The highest BCUT2D eigenvalue weighted by molar-refractivity contribution is 7.15. The number of carboxylic acid groups (broad SMARTS) is 1. The van der Waals surface area contributed by atoms with E-state index in [9.17, 15) is 19.5 Å². The van der Waals surface area contributed by atoms with Crippen LogP contribution in [0.5, 0.6) is 0 Å². The Morgan fingerprint density at radius 2 is 1.90 bits per heavy atom. The van der Waals surface area contributed by atoms with Crippen molar-refractivity contribution in [2.75, 3.05) is 12.4 Å². The van der Waals surface area contributed by atoms with Crippen molar-refractivity contribution in [3.05, 3.63) is 40.8 Å². The predicted octanol–water partition coefficient (Wildman–Crippen LogP) is 2.86. The summed E-state index contributed by atoms with van der Waals surface area (Å²) in [7, 11) is 1.30. The molecule has 2 saturated carbocycles. The van der Waals surface area contributed by atoms with Crippen molar-refractivity contribution in [3.8, 4) is 11.1 Å². The number of hydrogen-bond donors (Lipinski definition) is 1. The summed E-state index contributed by atoms with van der Waals surface area (Å²) in [5.41, 5.74) is 2.89. The molecule has 1 amide bonds. The first-order valence-electron chi connectivity index (χ1n) is 9.69. The summed E-state index contributed by atoms with van der Waals surface area (Å²) >= 11 is 1.24. The van der Waals surface area contributed by atoms with Crippen molar-refractivity contribution in [2.24, 2.45) is 23.7 Å². The maximum Gasteiger partial charge on any atom is 0.341 e. The van der Waals surface area contributed by atoms with Crippen LogP contribution in [0.3, 0.4) is 0 Å². The highest BCUT2D eigenvalue weighted by Gasteiger charge is 2.51. The highest BCUT2D eigenvalue weighted by Crippen LogP contribution is 2.52. The number of thiophene rings is 1. The van der Waals surface area contributed by atoms with E-state index in [0.717, 1.165) is 30.4 Å². The summed E-state index contributed by atoms with van der Waals surface area (Å²) in [6.45, 7) is 1.96. The van der Waals surface area contributed by atoms with Gasteiger partial charge in [0.1, 0.15) is 10.6 Å². The van der Waals surface area contributed by atoms with Gasteiger partial charge < -0.3 is 20.0 Å². The number of anilines is 1. The minimum Gasteiger partial charge on any atom is -0.550 e. The zero-order chi connectivity index (χ0) is 20.7. The Hall–Kier alpha value is -2.67. The molecule has 0 aliphatic heterocycles. The zero-order valence-corrected chi connectivity index (χ0v) is 17.1. The summed E-state index contributed by atoms with van der Waals surface area (Å²) in [4.78, 5) is 37.2. The Bertz CT molecular complexity index is 981. The summed E-state index contributed by atoms with van der Waals surface area (Å²) < 4.78 is 4.96. The second-order valence-corrected chi connectivity index (χ2v) is 8.79. The lowest BCUT2D eigenvalue weighted by Crippen LogP contribution is -2.44. The van der Waals surface area contributed by atoms with Crippen molar-refractivity contribution < 1.29 is 24.2 Å². The van der Waals surface area contributed by atoms with E-state index >= 15 is 0 Å². The van der Waals surface area contributed by atoms with E-state index in [2.05, 4.69) is 5.32 Å². The molecule has 1 aromatic carbocycles. The standard InChI is InChI=1S/C22H23NO5S/c1-11-4-3-5-12(8-11)15-10-29-20(18(15)22(27)28-2)23-19(24)16-13-6-7-14(9-13)17(16)21(25)26/h3-5,8,10,13-14,16-17H,6-7,9H2,1-2H3,(H,23,24)(H,25,26)/p-1/t13-,14+,16-,17+/m1/s1. The van der Waals surface area contributed by atoms with Crippen molar-refractivity contribution in [3.63, 3.8) is 0 Å². The summed E-state index contributed by atoms with van der Waals surface area (Å²) in [6, 6.07) is 7.73. The molecule has 1 aromatic heterocycles. The fourth-order valence-electron chi connectivity index (χ4n) is 4.98. The quantitative estimate of drug-likeness (QED) is 0.762. The van der Waals surface area contributed by atoms with Gasteiger partial charge in [-0.3, -0.25) is 4.79 Å². The molecule has 0 radical (unpaired) electrons. The molecule has 7 heteroatoms. The van der Waals surface area contributed by atoms with Gasteiger partial charge in [0.25, 0.3) is 0 Å². The van der Waals surface area contributed by atoms with Gasteiger partial charge in [-0.1, -0.05) is 29.8 Å². The molecule has 4 rings (SSSR count). The molecular formula is C22H22NO5S-. The van der Waals surface area contributed by atoms with Crippen LogP contribution < -0.4 is 10.4 Å². The molecule has 1 N–H and O–H groups in total. The summed E-state index contributed by atoms with van der Waals surface area (Å²) in [5, 5.41) is 16.7. The monoisotopic (exact) mass is 412 g/mol. The van der Waals surface area contributed by atoms with E-state index in [0.29, 0.717) is 16.1 Å². The van der Waals surface area contributed by atoms with E-state index in [1.165, 1.54) is 18.4 Å². The number of nitrogens with one attached hydrogen (secondary N) is 1. The number of aliphatic carboxylic acids is 1. The number of ether oxygens (including phenoxy) is 1. The molecule has 152 valence electrons. The van der Waals surface area contributed by atoms with E-state index in [1.807, 2.05) is 36.6 Å².